The van der Waals surface area contributed by atoms with Gasteiger partial charge in [-0.05, 0) is 55.4 Å². The first-order valence-corrected chi connectivity index (χ1v) is 11.3. The summed E-state index contributed by atoms with van der Waals surface area (Å²) in [5, 5.41) is 0.558. The SMILES string of the molecule is CCCCC(=C/c1ccccc1)/C(=N\S(=O)(=O)c1ccc(C)cc1)SC. The maximum Gasteiger partial charge on any atom is 0.283 e. The maximum atomic E-state index is 12.7. The third-order valence-corrected chi connectivity index (χ3v) is 6.08. The Bertz CT molecular complexity index is 868. The number of unbranched alkanes of at least 4 members (excludes halogenated alkanes) is 1. The van der Waals surface area contributed by atoms with Crippen molar-refractivity contribution in [3.05, 3.63) is 71.3 Å². The fourth-order valence-electron chi connectivity index (χ4n) is 2.46. The Kier molecular flexibility index (Phi) is 7.66. The molecular formula is C21H25NO2S2. The lowest BCUT2D eigenvalue weighted by molar-refractivity contribution is 0.598. The number of rotatable bonds is 7. The van der Waals surface area contributed by atoms with Gasteiger partial charge in [0.2, 0.25) is 0 Å². The summed E-state index contributed by atoms with van der Waals surface area (Å²) in [4.78, 5) is 0.226. The summed E-state index contributed by atoms with van der Waals surface area (Å²) in [5.74, 6) is 0. The Labute approximate surface area is 161 Å². The molecule has 0 spiro atoms. The Hall–Kier alpha value is -1.85. The van der Waals surface area contributed by atoms with Gasteiger partial charge in [-0.1, -0.05) is 61.4 Å². The lowest BCUT2D eigenvalue weighted by atomic mass is 10.1. The van der Waals surface area contributed by atoms with Gasteiger partial charge < -0.3 is 0 Å². The molecule has 0 bridgehead atoms. The fourth-order valence-corrected chi connectivity index (χ4v) is 4.39. The van der Waals surface area contributed by atoms with E-state index < -0.39 is 10.0 Å². The molecule has 2 aromatic rings. The smallest absolute Gasteiger partial charge is 0.199 e. The van der Waals surface area contributed by atoms with Crippen LogP contribution in [0.4, 0.5) is 0 Å². The molecule has 0 saturated carbocycles. The first-order chi connectivity index (χ1) is 12.5. The summed E-state index contributed by atoms with van der Waals surface area (Å²) in [6.45, 7) is 4.05. The second-order valence-electron chi connectivity index (χ2n) is 6.07. The van der Waals surface area contributed by atoms with Gasteiger partial charge in [0.25, 0.3) is 10.0 Å². The van der Waals surface area contributed by atoms with Crippen LogP contribution < -0.4 is 0 Å². The number of hydrogen-bond acceptors (Lipinski definition) is 3. The number of hydrogen-bond donors (Lipinski definition) is 0. The highest BCUT2D eigenvalue weighted by Crippen LogP contribution is 2.23. The molecule has 0 fully saturated rings. The molecule has 0 atom stereocenters. The number of benzene rings is 2. The number of nitrogens with zero attached hydrogens (tertiary/aromatic N) is 1. The second kappa shape index (κ2) is 9.74. The van der Waals surface area contributed by atoms with Crippen LogP contribution in [0.2, 0.25) is 0 Å². The summed E-state index contributed by atoms with van der Waals surface area (Å²) in [7, 11) is -3.72. The zero-order valence-electron chi connectivity index (χ0n) is 15.5. The highest BCUT2D eigenvalue weighted by atomic mass is 32.2. The van der Waals surface area contributed by atoms with Gasteiger partial charge >= 0.3 is 0 Å². The van der Waals surface area contributed by atoms with Crippen molar-refractivity contribution < 1.29 is 8.42 Å². The largest absolute Gasteiger partial charge is 0.283 e. The molecule has 26 heavy (non-hydrogen) atoms. The van der Waals surface area contributed by atoms with Gasteiger partial charge in [0.05, 0.1) is 4.90 Å². The molecule has 0 amide bonds. The Balaban J connectivity index is 2.44. The van der Waals surface area contributed by atoms with Crippen LogP contribution in [0, 0.1) is 6.92 Å². The lowest BCUT2D eigenvalue weighted by Crippen LogP contribution is -2.05. The van der Waals surface area contributed by atoms with Crippen LogP contribution in [0.15, 0.2) is 69.5 Å². The molecular weight excluding hydrogens is 362 g/mol. The van der Waals surface area contributed by atoms with E-state index in [-0.39, 0.29) is 4.90 Å². The van der Waals surface area contributed by atoms with Gasteiger partial charge in [-0.15, -0.1) is 11.8 Å². The highest BCUT2D eigenvalue weighted by Gasteiger charge is 2.16. The molecule has 2 aromatic carbocycles. The van der Waals surface area contributed by atoms with E-state index >= 15 is 0 Å². The van der Waals surface area contributed by atoms with Crippen LogP contribution in [-0.2, 0) is 10.0 Å². The minimum atomic E-state index is -3.72. The minimum absolute atomic E-state index is 0.226. The third-order valence-electron chi connectivity index (χ3n) is 3.93. The highest BCUT2D eigenvalue weighted by molar-refractivity contribution is 8.14. The van der Waals surface area contributed by atoms with E-state index in [1.165, 1.54) is 11.8 Å². The molecule has 0 N–H and O–H groups in total. The molecule has 0 aliphatic carbocycles. The number of thioether (sulfide) groups is 1. The van der Waals surface area contributed by atoms with Gasteiger partial charge in [-0.25, -0.2) is 0 Å². The van der Waals surface area contributed by atoms with Crippen molar-refractivity contribution in [1.82, 2.24) is 0 Å². The van der Waals surface area contributed by atoms with Gasteiger partial charge in [-0.3, -0.25) is 0 Å². The Morgan fingerprint density at radius 2 is 1.73 bits per heavy atom. The van der Waals surface area contributed by atoms with E-state index in [0.29, 0.717) is 5.04 Å². The minimum Gasteiger partial charge on any atom is -0.199 e. The quantitative estimate of drug-likeness (QED) is 0.451. The van der Waals surface area contributed by atoms with Gasteiger partial charge in [0, 0.05) is 0 Å². The first kappa shape index (κ1) is 20.5. The summed E-state index contributed by atoms with van der Waals surface area (Å²) in [6.07, 6.45) is 6.74. The first-order valence-electron chi connectivity index (χ1n) is 8.68. The fraction of sp³-hybridized carbons (Fsp3) is 0.286. The van der Waals surface area contributed by atoms with Crippen LogP contribution in [-0.4, -0.2) is 19.7 Å². The summed E-state index contributed by atoms with van der Waals surface area (Å²) < 4.78 is 29.6. The number of aryl methyl sites for hydroxylation is 1. The summed E-state index contributed by atoms with van der Waals surface area (Å²) in [6, 6.07) is 16.7. The zero-order chi connectivity index (χ0) is 19.0. The van der Waals surface area contributed by atoms with Crippen molar-refractivity contribution in [3.63, 3.8) is 0 Å². The van der Waals surface area contributed by atoms with Crippen LogP contribution >= 0.6 is 11.8 Å². The maximum absolute atomic E-state index is 12.7. The Morgan fingerprint density at radius 3 is 2.31 bits per heavy atom. The molecule has 5 heteroatoms. The third kappa shape index (κ3) is 5.85. The van der Waals surface area contributed by atoms with Gasteiger partial charge in [0.15, 0.2) is 0 Å². The Morgan fingerprint density at radius 1 is 1.08 bits per heavy atom. The average molecular weight is 388 g/mol. The summed E-state index contributed by atoms with van der Waals surface area (Å²) >= 11 is 1.37. The summed E-state index contributed by atoms with van der Waals surface area (Å²) in [5.41, 5.74) is 3.03. The van der Waals surface area contributed by atoms with Crippen LogP contribution in [0.25, 0.3) is 6.08 Å². The molecule has 0 aliphatic rings. The number of sulfonamides is 1. The second-order valence-corrected chi connectivity index (χ2v) is 8.47. The van der Waals surface area contributed by atoms with E-state index in [0.717, 1.165) is 36.0 Å². The molecule has 0 aliphatic heterocycles. The van der Waals surface area contributed by atoms with Crippen molar-refractivity contribution in [1.29, 1.82) is 0 Å². The van der Waals surface area contributed by atoms with Crippen LogP contribution in [0.5, 0.6) is 0 Å². The molecule has 138 valence electrons. The van der Waals surface area contributed by atoms with E-state index in [1.807, 2.05) is 49.6 Å². The van der Waals surface area contributed by atoms with Crippen molar-refractivity contribution in [2.45, 2.75) is 38.0 Å². The van der Waals surface area contributed by atoms with E-state index in [4.69, 9.17) is 0 Å². The van der Waals surface area contributed by atoms with Crippen molar-refractivity contribution in [2.24, 2.45) is 4.40 Å². The topological polar surface area (TPSA) is 46.5 Å². The van der Waals surface area contributed by atoms with E-state index in [2.05, 4.69) is 11.3 Å². The van der Waals surface area contributed by atoms with E-state index in [9.17, 15) is 8.42 Å². The molecule has 0 heterocycles. The molecule has 3 nitrogen and oxygen atoms in total. The zero-order valence-corrected chi connectivity index (χ0v) is 17.1. The van der Waals surface area contributed by atoms with E-state index in [1.54, 1.807) is 24.3 Å². The van der Waals surface area contributed by atoms with Crippen molar-refractivity contribution in [3.8, 4) is 0 Å². The van der Waals surface area contributed by atoms with Gasteiger partial charge in [-0.2, -0.15) is 12.8 Å². The standard InChI is InChI=1S/C21H25NO2S2/c1-4-5-11-19(16-18-9-7-6-8-10-18)21(25-3)22-26(23,24)20-14-12-17(2)13-15-20/h6-10,12-16H,4-5,11H2,1-3H3/b19-16-,22-21+. The van der Waals surface area contributed by atoms with Crippen molar-refractivity contribution >= 4 is 32.9 Å². The van der Waals surface area contributed by atoms with Crippen molar-refractivity contribution in [2.75, 3.05) is 6.26 Å². The normalized spacial score (nSPS) is 13.0. The molecule has 0 radical (unpaired) electrons. The van der Waals surface area contributed by atoms with Crippen LogP contribution in [0.3, 0.4) is 0 Å². The van der Waals surface area contributed by atoms with Crippen LogP contribution in [0.1, 0.15) is 37.3 Å². The monoisotopic (exact) mass is 387 g/mol. The molecule has 0 unspecified atom stereocenters. The molecule has 2 rings (SSSR count). The predicted molar refractivity (Wildman–Crippen MR) is 113 cm³/mol. The molecule has 0 aromatic heterocycles. The van der Waals surface area contributed by atoms with Gasteiger partial charge in [0.1, 0.15) is 5.04 Å². The molecule has 0 saturated heterocycles. The lowest BCUT2D eigenvalue weighted by Gasteiger charge is -2.10. The predicted octanol–water partition coefficient (Wildman–Crippen LogP) is 5.72. The average Bonchev–Trinajstić information content (AvgIpc) is 2.64.